The van der Waals surface area contributed by atoms with Crippen LogP contribution >= 0.6 is 11.8 Å². The van der Waals surface area contributed by atoms with Crippen molar-refractivity contribution < 1.29 is 28.2 Å². The normalized spacial score (nSPS) is 10.3. The number of aromatic nitrogens is 2. The smallest absolute Gasteiger partial charge is 0.373 e. The lowest BCUT2D eigenvalue weighted by Crippen LogP contribution is -2.14. The number of carbonyl (C=O) groups excluding carboxylic acids is 1. The molecule has 0 aliphatic rings. The van der Waals surface area contributed by atoms with Crippen LogP contribution in [-0.4, -0.2) is 43.5 Å². The first kappa shape index (κ1) is 22.8. The van der Waals surface area contributed by atoms with Gasteiger partial charge < -0.3 is 28.3 Å². The van der Waals surface area contributed by atoms with Crippen molar-refractivity contribution in [2.75, 3.05) is 27.6 Å². The van der Waals surface area contributed by atoms with Gasteiger partial charge in [0.25, 0.3) is 5.56 Å². The van der Waals surface area contributed by atoms with Crippen molar-refractivity contribution in [3.63, 3.8) is 0 Å². The molecule has 0 aliphatic carbocycles. The molecule has 0 amide bonds. The van der Waals surface area contributed by atoms with Gasteiger partial charge >= 0.3 is 5.97 Å². The fraction of sp³-hybridized carbons (Fsp3) is 0.238. The number of H-pyrrole nitrogens is 1. The molecule has 0 atom stereocenters. The Morgan fingerprint density at radius 1 is 1.22 bits per heavy atom. The van der Waals surface area contributed by atoms with Gasteiger partial charge in [0.05, 0.1) is 27.0 Å². The maximum Gasteiger partial charge on any atom is 0.373 e. The van der Waals surface area contributed by atoms with Crippen molar-refractivity contribution in [1.29, 1.82) is 5.26 Å². The molecule has 0 unspecified atom stereocenters. The molecule has 166 valence electrons. The molecule has 11 heteroatoms. The van der Waals surface area contributed by atoms with Crippen molar-refractivity contribution in [2.24, 2.45) is 0 Å². The van der Waals surface area contributed by atoms with E-state index in [1.165, 1.54) is 39.2 Å². The molecule has 1 aromatic carbocycles. The first-order valence-electron chi connectivity index (χ1n) is 9.10. The minimum atomic E-state index is -0.598. The van der Waals surface area contributed by atoms with E-state index in [1.807, 2.05) is 6.07 Å². The van der Waals surface area contributed by atoms with Crippen LogP contribution in [0.4, 0.5) is 0 Å². The number of nitrogens with one attached hydrogen (secondary N) is 1. The Labute approximate surface area is 187 Å². The molecular formula is C21H19N3O7S. The molecule has 0 spiro atoms. The third-order valence-corrected chi connectivity index (χ3v) is 4.92. The van der Waals surface area contributed by atoms with Crippen LogP contribution in [0.15, 0.2) is 38.6 Å². The van der Waals surface area contributed by atoms with Crippen molar-refractivity contribution in [2.45, 2.75) is 11.8 Å². The summed E-state index contributed by atoms with van der Waals surface area (Å²) in [5, 5.41) is 9.82. The fourth-order valence-electron chi connectivity index (χ4n) is 2.83. The number of hydrogen-bond donors (Lipinski definition) is 1. The minimum absolute atomic E-state index is 0.0214. The lowest BCUT2D eigenvalue weighted by molar-refractivity contribution is 0.0560. The Kier molecular flexibility index (Phi) is 7.07. The Balaban J connectivity index is 2.00. The predicted octanol–water partition coefficient (Wildman–Crippen LogP) is 3.01. The van der Waals surface area contributed by atoms with Gasteiger partial charge in [-0.3, -0.25) is 4.79 Å². The number of methoxy groups -OCH3 is 3. The summed E-state index contributed by atoms with van der Waals surface area (Å²) in [6.07, 6.45) is 1.76. The van der Waals surface area contributed by atoms with E-state index in [1.54, 1.807) is 24.5 Å². The molecule has 0 radical (unpaired) electrons. The second-order valence-corrected chi connectivity index (χ2v) is 6.96. The molecule has 0 fully saturated rings. The van der Waals surface area contributed by atoms with Gasteiger partial charge in [0, 0.05) is 5.56 Å². The van der Waals surface area contributed by atoms with E-state index >= 15 is 0 Å². The number of nitriles is 1. The Morgan fingerprint density at radius 2 is 1.91 bits per heavy atom. The number of ether oxygens (including phenoxy) is 4. The predicted molar refractivity (Wildman–Crippen MR) is 114 cm³/mol. The second-order valence-electron chi connectivity index (χ2n) is 6.17. The lowest BCUT2D eigenvalue weighted by Gasteiger charge is -2.16. The highest BCUT2D eigenvalue weighted by Gasteiger charge is 2.20. The summed E-state index contributed by atoms with van der Waals surface area (Å²) < 4.78 is 26.7. The van der Waals surface area contributed by atoms with Gasteiger partial charge in [-0.25, -0.2) is 9.78 Å². The average molecular weight is 457 g/mol. The highest BCUT2D eigenvalue weighted by Crippen LogP contribution is 2.42. The van der Waals surface area contributed by atoms with Crippen molar-refractivity contribution in [1.82, 2.24) is 9.97 Å². The van der Waals surface area contributed by atoms with Crippen LogP contribution in [0.3, 0.4) is 0 Å². The number of hydrogen-bond acceptors (Lipinski definition) is 10. The fourth-order valence-corrected chi connectivity index (χ4v) is 3.21. The largest absolute Gasteiger partial charge is 0.493 e. The zero-order valence-corrected chi connectivity index (χ0v) is 18.5. The molecular weight excluding hydrogens is 438 g/mol. The van der Waals surface area contributed by atoms with Gasteiger partial charge in [0.1, 0.15) is 24.0 Å². The van der Waals surface area contributed by atoms with E-state index in [-0.39, 0.29) is 40.9 Å². The van der Waals surface area contributed by atoms with Crippen LogP contribution in [0.2, 0.25) is 0 Å². The topological polar surface area (TPSA) is 137 Å². The van der Waals surface area contributed by atoms with E-state index in [0.717, 1.165) is 0 Å². The summed E-state index contributed by atoms with van der Waals surface area (Å²) in [6.45, 7) is -0.0214. The monoisotopic (exact) mass is 457 g/mol. The third kappa shape index (κ3) is 4.55. The maximum atomic E-state index is 12.3. The Morgan fingerprint density at radius 3 is 2.47 bits per heavy atom. The van der Waals surface area contributed by atoms with Gasteiger partial charge in [0.2, 0.25) is 11.5 Å². The lowest BCUT2D eigenvalue weighted by atomic mass is 10.1. The second kappa shape index (κ2) is 9.93. The zero-order valence-electron chi connectivity index (χ0n) is 17.7. The number of aromatic amines is 1. The Hall–Kier alpha value is -3.91. The number of furan rings is 1. The summed E-state index contributed by atoms with van der Waals surface area (Å²) in [7, 11) is 4.14. The summed E-state index contributed by atoms with van der Waals surface area (Å²) in [5.41, 5.74) is -0.0432. The van der Waals surface area contributed by atoms with Gasteiger partial charge in [-0.1, -0.05) is 11.8 Å². The standard InChI is InChI=1S/C21H19N3O7S/c1-27-15-7-11(17-13(9-22)19(25)24-21(23-17)32-4)8-16(28-2)18(15)30-10-12-5-6-14(31-12)20(26)29-3/h5-8H,10H2,1-4H3,(H,23,24,25). The van der Waals surface area contributed by atoms with Crippen molar-refractivity contribution in [3.05, 3.63) is 51.7 Å². The van der Waals surface area contributed by atoms with E-state index in [9.17, 15) is 14.9 Å². The molecule has 0 saturated carbocycles. The zero-order chi connectivity index (χ0) is 23.3. The molecule has 10 nitrogen and oxygen atoms in total. The highest BCUT2D eigenvalue weighted by atomic mass is 32.2. The van der Waals surface area contributed by atoms with Gasteiger partial charge in [-0.2, -0.15) is 5.26 Å². The van der Waals surface area contributed by atoms with Crippen LogP contribution < -0.4 is 19.8 Å². The number of thioether (sulfide) groups is 1. The molecule has 3 rings (SSSR count). The summed E-state index contributed by atoms with van der Waals surface area (Å²) in [4.78, 5) is 30.7. The number of rotatable bonds is 8. The van der Waals surface area contributed by atoms with Crippen LogP contribution in [-0.2, 0) is 11.3 Å². The van der Waals surface area contributed by atoms with Gasteiger partial charge in [-0.15, -0.1) is 0 Å². The van der Waals surface area contributed by atoms with E-state index in [0.29, 0.717) is 16.5 Å². The van der Waals surface area contributed by atoms with E-state index in [4.69, 9.17) is 18.6 Å². The van der Waals surface area contributed by atoms with E-state index < -0.39 is 11.5 Å². The Bertz CT molecular complexity index is 1220. The van der Waals surface area contributed by atoms with Crippen LogP contribution in [0.5, 0.6) is 17.2 Å². The molecule has 2 heterocycles. The number of carbonyl (C=O) groups is 1. The third-order valence-electron chi connectivity index (χ3n) is 4.34. The first-order valence-corrected chi connectivity index (χ1v) is 10.3. The molecule has 0 saturated heterocycles. The van der Waals surface area contributed by atoms with Crippen LogP contribution in [0.25, 0.3) is 11.3 Å². The molecule has 2 aromatic heterocycles. The van der Waals surface area contributed by atoms with Crippen LogP contribution in [0, 0.1) is 11.3 Å². The summed E-state index contributed by atoms with van der Waals surface area (Å²) in [6, 6.07) is 8.13. The molecule has 0 aliphatic heterocycles. The average Bonchev–Trinajstić information content (AvgIpc) is 3.30. The summed E-state index contributed by atoms with van der Waals surface area (Å²) in [5.74, 6) is 0.675. The first-order chi connectivity index (χ1) is 15.4. The number of esters is 1. The minimum Gasteiger partial charge on any atom is -0.493 e. The maximum absolute atomic E-state index is 12.3. The van der Waals surface area contributed by atoms with Crippen LogP contribution in [0.1, 0.15) is 21.9 Å². The van der Waals surface area contributed by atoms with Gasteiger partial charge in [-0.05, 0) is 30.5 Å². The number of benzene rings is 1. The van der Waals surface area contributed by atoms with Crippen molar-refractivity contribution >= 4 is 17.7 Å². The van der Waals surface area contributed by atoms with Gasteiger partial charge in [0.15, 0.2) is 16.7 Å². The van der Waals surface area contributed by atoms with E-state index in [2.05, 4.69) is 14.7 Å². The number of nitrogens with zero attached hydrogens (tertiary/aromatic N) is 2. The summed E-state index contributed by atoms with van der Waals surface area (Å²) >= 11 is 1.24. The highest BCUT2D eigenvalue weighted by molar-refractivity contribution is 7.98. The quantitative estimate of drug-likeness (QED) is 0.305. The molecule has 1 N–H and O–H groups in total. The SMILES string of the molecule is COC(=O)c1ccc(COc2c(OC)cc(-c3nc(SC)[nH]c(=O)c3C#N)cc2OC)o1. The molecule has 0 bridgehead atoms. The van der Waals surface area contributed by atoms with Crippen molar-refractivity contribution in [3.8, 4) is 34.6 Å². The molecule has 3 aromatic rings. The molecule has 32 heavy (non-hydrogen) atoms.